The van der Waals surface area contributed by atoms with Crippen LogP contribution >= 0.6 is 31.9 Å². The molecule has 6 heteroatoms. The molecule has 21 heavy (non-hydrogen) atoms. The molecule has 0 bridgehead atoms. The third kappa shape index (κ3) is 3.51. The number of hydrogen-bond acceptors (Lipinski definition) is 3. The van der Waals surface area contributed by atoms with Crippen LogP contribution in [0.2, 0.25) is 0 Å². The molecule has 1 aromatic heterocycles. The lowest BCUT2D eigenvalue weighted by molar-refractivity contribution is 0.740. The number of aromatic nitrogens is 3. The number of para-hydroxylation sites is 1. The molecule has 3 rings (SSSR count). The van der Waals surface area contributed by atoms with E-state index >= 15 is 0 Å². The molecule has 3 aromatic rings. The first kappa shape index (κ1) is 14.3. The van der Waals surface area contributed by atoms with Crippen molar-refractivity contribution in [3.05, 3.63) is 69.4 Å². The normalized spacial score (nSPS) is 10.6. The number of hydrogen-bond donors (Lipinski definition) is 1. The van der Waals surface area contributed by atoms with Gasteiger partial charge >= 0.3 is 0 Å². The maximum atomic E-state index is 4.46. The second kappa shape index (κ2) is 6.41. The minimum absolute atomic E-state index is 0.613. The summed E-state index contributed by atoms with van der Waals surface area (Å²) >= 11 is 6.99. The Labute approximate surface area is 139 Å². The molecule has 0 aliphatic rings. The van der Waals surface area contributed by atoms with Crippen LogP contribution in [-0.2, 0) is 6.54 Å². The average Bonchev–Trinajstić information content (AvgIpc) is 2.98. The van der Waals surface area contributed by atoms with Gasteiger partial charge in [-0.05, 0) is 46.3 Å². The summed E-state index contributed by atoms with van der Waals surface area (Å²) in [7, 11) is 0. The van der Waals surface area contributed by atoms with Gasteiger partial charge in [0.1, 0.15) is 5.69 Å². The summed E-state index contributed by atoms with van der Waals surface area (Å²) in [5.41, 5.74) is 2.84. The molecule has 0 saturated heterocycles. The van der Waals surface area contributed by atoms with Crippen molar-refractivity contribution in [1.29, 1.82) is 0 Å². The van der Waals surface area contributed by atoms with E-state index in [9.17, 15) is 0 Å². The Hall–Kier alpha value is -1.66. The summed E-state index contributed by atoms with van der Waals surface area (Å²) < 4.78 is 2.04. The molecule has 106 valence electrons. The lowest BCUT2D eigenvalue weighted by Crippen LogP contribution is -2.03. The van der Waals surface area contributed by atoms with Crippen LogP contribution in [0.1, 0.15) is 5.69 Å². The van der Waals surface area contributed by atoms with Crippen molar-refractivity contribution in [1.82, 2.24) is 15.0 Å². The van der Waals surface area contributed by atoms with Crippen molar-refractivity contribution < 1.29 is 0 Å². The van der Waals surface area contributed by atoms with E-state index in [-0.39, 0.29) is 0 Å². The van der Waals surface area contributed by atoms with Gasteiger partial charge in [-0.2, -0.15) is 15.0 Å². The van der Waals surface area contributed by atoms with Crippen LogP contribution in [0.25, 0.3) is 5.69 Å². The number of nitrogens with one attached hydrogen (secondary N) is 1. The Morgan fingerprint density at radius 1 is 1.05 bits per heavy atom. The molecule has 0 spiro atoms. The van der Waals surface area contributed by atoms with Gasteiger partial charge in [0.15, 0.2) is 0 Å². The van der Waals surface area contributed by atoms with Crippen molar-refractivity contribution in [3.63, 3.8) is 0 Å². The highest BCUT2D eigenvalue weighted by Crippen LogP contribution is 2.26. The maximum absolute atomic E-state index is 4.46. The van der Waals surface area contributed by atoms with Gasteiger partial charge in [0, 0.05) is 14.6 Å². The zero-order valence-electron chi connectivity index (χ0n) is 11.0. The third-order valence-corrected chi connectivity index (χ3v) is 4.10. The van der Waals surface area contributed by atoms with Gasteiger partial charge in [-0.3, -0.25) is 0 Å². The summed E-state index contributed by atoms with van der Waals surface area (Å²) in [4.78, 5) is 1.63. The highest BCUT2D eigenvalue weighted by atomic mass is 79.9. The van der Waals surface area contributed by atoms with Crippen molar-refractivity contribution in [2.45, 2.75) is 6.54 Å². The van der Waals surface area contributed by atoms with Crippen molar-refractivity contribution in [2.75, 3.05) is 5.32 Å². The van der Waals surface area contributed by atoms with E-state index in [1.165, 1.54) is 0 Å². The standard InChI is InChI=1S/C15H12Br2N4/c16-11-6-7-14(17)15(8-11)18-9-12-10-19-21(20-12)13-4-2-1-3-5-13/h1-8,10,18H,9H2. The van der Waals surface area contributed by atoms with E-state index in [1.807, 2.05) is 48.5 Å². The molecule has 0 aliphatic heterocycles. The van der Waals surface area contributed by atoms with Gasteiger partial charge in [-0.1, -0.05) is 34.1 Å². The van der Waals surface area contributed by atoms with Crippen LogP contribution in [0.5, 0.6) is 0 Å². The monoisotopic (exact) mass is 406 g/mol. The lowest BCUT2D eigenvalue weighted by Gasteiger charge is -2.07. The second-order valence-electron chi connectivity index (χ2n) is 4.44. The maximum Gasteiger partial charge on any atom is 0.102 e. The summed E-state index contributed by atoms with van der Waals surface area (Å²) in [5, 5.41) is 12.1. The van der Waals surface area contributed by atoms with Crippen molar-refractivity contribution >= 4 is 37.5 Å². The first-order chi connectivity index (χ1) is 10.2. The summed E-state index contributed by atoms with van der Waals surface area (Å²) in [5.74, 6) is 0. The lowest BCUT2D eigenvalue weighted by atomic mass is 10.3. The van der Waals surface area contributed by atoms with Crippen LogP contribution in [0.4, 0.5) is 5.69 Å². The fourth-order valence-corrected chi connectivity index (χ4v) is 2.63. The third-order valence-electron chi connectivity index (χ3n) is 2.91. The molecule has 2 aromatic carbocycles. The molecule has 1 N–H and O–H groups in total. The van der Waals surface area contributed by atoms with E-state index in [4.69, 9.17) is 0 Å². The fourth-order valence-electron chi connectivity index (χ4n) is 1.88. The minimum Gasteiger partial charge on any atom is -0.378 e. The number of nitrogens with zero attached hydrogens (tertiary/aromatic N) is 3. The van der Waals surface area contributed by atoms with Gasteiger partial charge in [-0.15, -0.1) is 0 Å². The SMILES string of the molecule is Brc1ccc(Br)c(NCc2cnn(-c3ccccc3)n2)c1. The Balaban J connectivity index is 1.72. The number of halogens is 2. The smallest absolute Gasteiger partial charge is 0.102 e. The van der Waals surface area contributed by atoms with E-state index in [0.717, 1.165) is 26.0 Å². The van der Waals surface area contributed by atoms with Gasteiger partial charge in [0.05, 0.1) is 18.4 Å². The molecular formula is C15H12Br2N4. The van der Waals surface area contributed by atoms with Crippen LogP contribution in [0.3, 0.4) is 0 Å². The van der Waals surface area contributed by atoms with Crippen LogP contribution < -0.4 is 5.32 Å². The van der Waals surface area contributed by atoms with E-state index < -0.39 is 0 Å². The minimum atomic E-state index is 0.613. The Kier molecular flexibility index (Phi) is 4.36. The molecule has 0 saturated carbocycles. The van der Waals surface area contributed by atoms with Crippen LogP contribution in [-0.4, -0.2) is 15.0 Å². The summed E-state index contributed by atoms with van der Waals surface area (Å²) in [6.45, 7) is 0.613. The first-order valence-electron chi connectivity index (χ1n) is 6.38. The van der Waals surface area contributed by atoms with Crippen LogP contribution in [0, 0.1) is 0 Å². The largest absolute Gasteiger partial charge is 0.378 e. The zero-order valence-corrected chi connectivity index (χ0v) is 14.2. The van der Waals surface area contributed by atoms with Gasteiger partial charge in [-0.25, -0.2) is 0 Å². The number of rotatable bonds is 4. The molecule has 0 fully saturated rings. The summed E-state index contributed by atoms with van der Waals surface area (Å²) in [6, 6.07) is 15.9. The topological polar surface area (TPSA) is 42.7 Å². The second-order valence-corrected chi connectivity index (χ2v) is 6.21. The molecular weight excluding hydrogens is 396 g/mol. The van der Waals surface area contributed by atoms with Gasteiger partial charge in [0.25, 0.3) is 0 Å². The zero-order chi connectivity index (χ0) is 14.7. The highest BCUT2D eigenvalue weighted by molar-refractivity contribution is 9.11. The summed E-state index contributed by atoms with van der Waals surface area (Å²) in [6.07, 6.45) is 1.77. The Bertz CT molecular complexity index is 740. The Morgan fingerprint density at radius 2 is 1.86 bits per heavy atom. The molecule has 0 aliphatic carbocycles. The molecule has 0 atom stereocenters. The fraction of sp³-hybridized carbons (Fsp3) is 0.0667. The number of benzene rings is 2. The van der Waals surface area contributed by atoms with Crippen molar-refractivity contribution in [2.24, 2.45) is 0 Å². The predicted octanol–water partition coefficient (Wildman–Crippen LogP) is 4.40. The van der Waals surface area contributed by atoms with Crippen LogP contribution in [0.15, 0.2) is 63.7 Å². The molecule has 4 nitrogen and oxygen atoms in total. The first-order valence-corrected chi connectivity index (χ1v) is 7.96. The molecule has 0 unspecified atom stereocenters. The van der Waals surface area contributed by atoms with Gasteiger partial charge < -0.3 is 5.32 Å². The number of anilines is 1. The molecule has 0 radical (unpaired) electrons. The van der Waals surface area contributed by atoms with Crippen molar-refractivity contribution in [3.8, 4) is 5.69 Å². The quantitative estimate of drug-likeness (QED) is 0.696. The van der Waals surface area contributed by atoms with E-state index in [0.29, 0.717) is 6.54 Å². The molecule has 1 heterocycles. The van der Waals surface area contributed by atoms with Gasteiger partial charge in [0.2, 0.25) is 0 Å². The molecule has 0 amide bonds. The average molecular weight is 408 g/mol. The highest BCUT2D eigenvalue weighted by Gasteiger charge is 2.04. The van der Waals surface area contributed by atoms with E-state index in [1.54, 1.807) is 11.0 Å². The van der Waals surface area contributed by atoms with E-state index in [2.05, 4.69) is 47.4 Å². The Morgan fingerprint density at radius 3 is 2.67 bits per heavy atom. The predicted molar refractivity (Wildman–Crippen MR) is 90.5 cm³/mol.